The molecule has 0 radical (unpaired) electrons. The lowest BCUT2D eigenvalue weighted by Crippen LogP contribution is -2.16. The molecule has 0 amide bonds. The average Bonchev–Trinajstić information content (AvgIpc) is 2.12. The number of carbonyl (C=O) groups is 1. The van der Waals surface area contributed by atoms with Crippen molar-refractivity contribution >= 4 is 33.7 Å². The van der Waals surface area contributed by atoms with Crippen LogP contribution in [0.15, 0.2) is 10.7 Å². The minimum absolute atomic E-state index is 0.0411. The van der Waals surface area contributed by atoms with E-state index >= 15 is 0 Å². The third-order valence-electron chi connectivity index (χ3n) is 1.35. The maximum absolute atomic E-state index is 10.8. The summed E-state index contributed by atoms with van der Waals surface area (Å²) in [6.45, 7) is 0.0411. The van der Waals surface area contributed by atoms with Crippen LogP contribution in [0.5, 0.6) is 0 Å². The molecule has 0 aromatic carbocycles. The van der Waals surface area contributed by atoms with Gasteiger partial charge in [0.2, 0.25) is 5.95 Å². The molecule has 0 saturated heterocycles. The summed E-state index contributed by atoms with van der Waals surface area (Å²) in [6, 6.07) is 1.61. The SMILES string of the molecule is COC(=O)CNc1cc(Br)nc(N)n1. The first-order valence-corrected chi connectivity index (χ1v) is 4.52. The van der Waals surface area contributed by atoms with Crippen molar-refractivity contribution in [3.63, 3.8) is 0 Å². The highest BCUT2D eigenvalue weighted by Crippen LogP contribution is 2.12. The molecule has 1 rings (SSSR count). The fourth-order valence-electron chi connectivity index (χ4n) is 0.761. The molecule has 1 aromatic heterocycles. The van der Waals surface area contributed by atoms with Crippen molar-refractivity contribution in [3.8, 4) is 0 Å². The number of aromatic nitrogens is 2. The van der Waals surface area contributed by atoms with Gasteiger partial charge in [-0.3, -0.25) is 4.79 Å². The van der Waals surface area contributed by atoms with Crippen LogP contribution in [0.2, 0.25) is 0 Å². The van der Waals surface area contributed by atoms with Crippen molar-refractivity contribution in [3.05, 3.63) is 10.7 Å². The maximum atomic E-state index is 10.8. The second-order valence-corrected chi connectivity index (χ2v) is 3.18. The molecule has 0 atom stereocenters. The molecule has 0 spiro atoms. The Morgan fingerprint density at radius 2 is 2.43 bits per heavy atom. The van der Waals surface area contributed by atoms with E-state index in [0.29, 0.717) is 10.4 Å². The van der Waals surface area contributed by atoms with Crippen LogP contribution < -0.4 is 11.1 Å². The lowest BCUT2D eigenvalue weighted by molar-refractivity contribution is -0.138. The molecule has 3 N–H and O–H groups in total. The van der Waals surface area contributed by atoms with Gasteiger partial charge < -0.3 is 15.8 Å². The zero-order valence-corrected chi connectivity index (χ0v) is 9.04. The largest absolute Gasteiger partial charge is 0.468 e. The second kappa shape index (κ2) is 4.75. The zero-order valence-electron chi connectivity index (χ0n) is 7.45. The molecule has 0 aliphatic carbocycles. The van der Waals surface area contributed by atoms with E-state index in [9.17, 15) is 4.79 Å². The van der Waals surface area contributed by atoms with Crippen LogP contribution >= 0.6 is 15.9 Å². The van der Waals surface area contributed by atoms with E-state index in [1.807, 2.05) is 0 Å². The van der Waals surface area contributed by atoms with Crippen LogP contribution in [-0.4, -0.2) is 29.6 Å². The number of nitrogens with two attached hydrogens (primary N) is 1. The smallest absolute Gasteiger partial charge is 0.325 e. The highest BCUT2D eigenvalue weighted by molar-refractivity contribution is 9.10. The first kappa shape index (κ1) is 10.7. The summed E-state index contributed by atoms with van der Waals surface area (Å²) in [6.07, 6.45) is 0. The van der Waals surface area contributed by atoms with Crippen LogP contribution in [0.25, 0.3) is 0 Å². The van der Waals surface area contributed by atoms with Crippen molar-refractivity contribution in [2.75, 3.05) is 24.7 Å². The van der Waals surface area contributed by atoms with Gasteiger partial charge in [-0.25, -0.2) is 4.98 Å². The molecule has 7 heteroatoms. The number of rotatable bonds is 3. The lowest BCUT2D eigenvalue weighted by Gasteiger charge is -2.04. The third-order valence-corrected chi connectivity index (χ3v) is 1.76. The number of ether oxygens (including phenoxy) is 1. The molecule has 0 fully saturated rings. The standard InChI is InChI=1S/C7H9BrN4O2/c1-14-6(13)3-10-5-2-4(8)11-7(9)12-5/h2H,3H2,1H3,(H3,9,10,11,12). The fraction of sp³-hybridized carbons (Fsp3) is 0.286. The summed E-state index contributed by atoms with van der Waals surface area (Å²) >= 11 is 3.15. The van der Waals surface area contributed by atoms with Crippen LogP contribution in [0.4, 0.5) is 11.8 Å². The van der Waals surface area contributed by atoms with Gasteiger partial charge in [-0.1, -0.05) is 0 Å². The predicted molar refractivity (Wildman–Crippen MR) is 54.7 cm³/mol. The molecular formula is C7H9BrN4O2. The molecular weight excluding hydrogens is 252 g/mol. The number of nitrogens with zero attached hydrogens (tertiary/aromatic N) is 2. The predicted octanol–water partition coefficient (Wildman–Crippen LogP) is 0.406. The van der Waals surface area contributed by atoms with Crippen LogP contribution in [0, 0.1) is 0 Å². The van der Waals surface area contributed by atoms with Gasteiger partial charge in [0.25, 0.3) is 0 Å². The van der Waals surface area contributed by atoms with Gasteiger partial charge in [-0.05, 0) is 15.9 Å². The molecule has 6 nitrogen and oxygen atoms in total. The number of nitrogen functional groups attached to an aromatic ring is 1. The van der Waals surface area contributed by atoms with Crippen LogP contribution in [0.3, 0.4) is 0 Å². The van der Waals surface area contributed by atoms with Gasteiger partial charge in [0.15, 0.2) is 0 Å². The first-order chi connectivity index (χ1) is 6.61. The summed E-state index contributed by atoms with van der Waals surface area (Å²) in [4.78, 5) is 18.5. The number of carbonyl (C=O) groups excluding carboxylic acids is 1. The third kappa shape index (κ3) is 3.17. The Labute approximate surface area is 89.0 Å². The number of esters is 1. The van der Waals surface area contributed by atoms with E-state index in [4.69, 9.17) is 5.73 Å². The number of nitrogens with one attached hydrogen (secondary N) is 1. The highest BCUT2D eigenvalue weighted by atomic mass is 79.9. The Hall–Kier alpha value is -1.37. The monoisotopic (exact) mass is 260 g/mol. The molecule has 0 unspecified atom stereocenters. The molecule has 0 aliphatic rings. The Balaban J connectivity index is 2.63. The Bertz CT molecular complexity index is 324. The van der Waals surface area contributed by atoms with Gasteiger partial charge in [-0.2, -0.15) is 4.98 Å². The molecule has 1 heterocycles. The van der Waals surface area contributed by atoms with Crippen LogP contribution in [-0.2, 0) is 9.53 Å². The van der Waals surface area contributed by atoms with E-state index in [2.05, 4.69) is 36.0 Å². The van der Waals surface area contributed by atoms with Crippen LogP contribution in [0.1, 0.15) is 0 Å². The van der Waals surface area contributed by atoms with E-state index in [1.54, 1.807) is 6.07 Å². The number of halogens is 1. The molecule has 0 bridgehead atoms. The van der Waals surface area contributed by atoms with Crippen molar-refractivity contribution in [2.24, 2.45) is 0 Å². The zero-order chi connectivity index (χ0) is 10.6. The summed E-state index contributed by atoms with van der Waals surface area (Å²) < 4.78 is 5.00. The summed E-state index contributed by atoms with van der Waals surface area (Å²) in [7, 11) is 1.31. The molecule has 1 aromatic rings. The number of hydrogen-bond donors (Lipinski definition) is 2. The minimum atomic E-state index is -0.377. The van der Waals surface area contributed by atoms with Crippen molar-refractivity contribution < 1.29 is 9.53 Å². The van der Waals surface area contributed by atoms with Gasteiger partial charge in [-0.15, -0.1) is 0 Å². The topological polar surface area (TPSA) is 90.1 Å². The molecule has 0 aliphatic heterocycles. The normalized spacial score (nSPS) is 9.57. The molecule has 0 saturated carbocycles. The van der Waals surface area contributed by atoms with E-state index in [0.717, 1.165) is 0 Å². The Kier molecular flexibility index (Phi) is 3.63. The van der Waals surface area contributed by atoms with E-state index in [-0.39, 0.29) is 18.5 Å². The van der Waals surface area contributed by atoms with Crippen molar-refractivity contribution in [1.82, 2.24) is 9.97 Å². The van der Waals surface area contributed by atoms with Gasteiger partial charge in [0.05, 0.1) is 7.11 Å². The number of anilines is 2. The lowest BCUT2D eigenvalue weighted by atomic mass is 10.5. The van der Waals surface area contributed by atoms with Crippen molar-refractivity contribution in [1.29, 1.82) is 0 Å². The van der Waals surface area contributed by atoms with E-state index in [1.165, 1.54) is 7.11 Å². The molecule has 76 valence electrons. The highest BCUT2D eigenvalue weighted by Gasteiger charge is 2.02. The first-order valence-electron chi connectivity index (χ1n) is 3.72. The van der Waals surface area contributed by atoms with Gasteiger partial charge in [0.1, 0.15) is 17.0 Å². The summed E-state index contributed by atoms with van der Waals surface area (Å²) in [5.41, 5.74) is 5.39. The molecule has 14 heavy (non-hydrogen) atoms. The summed E-state index contributed by atoms with van der Waals surface area (Å²) in [5, 5.41) is 2.74. The Morgan fingerprint density at radius 1 is 1.71 bits per heavy atom. The average molecular weight is 261 g/mol. The van der Waals surface area contributed by atoms with Gasteiger partial charge >= 0.3 is 5.97 Å². The Morgan fingerprint density at radius 3 is 3.00 bits per heavy atom. The van der Waals surface area contributed by atoms with E-state index < -0.39 is 0 Å². The number of methoxy groups -OCH3 is 1. The minimum Gasteiger partial charge on any atom is -0.468 e. The second-order valence-electron chi connectivity index (χ2n) is 2.36. The fourth-order valence-corrected chi connectivity index (χ4v) is 1.16. The van der Waals surface area contributed by atoms with Gasteiger partial charge in [0, 0.05) is 6.07 Å². The number of hydrogen-bond acceptors (Lipinski definition) is 6. The maximum Gasteiger partial charge on any atom is 0.325 e. The van der Waals surface area contributed by atoms with Crippen molar-refractivity contribution in [2.45, 2.75) is 0 Å². The summed E-state index contributed by atoms with van der Waals surface area (Å²) in [5.74, 6) is 0.222. The quantitative estimate of drug-likeness (QED) is 0.604.